The van der Waals surface area contributed by atoms with Crippen LogP contribution in [0.4, 0.5) is 0 Å². The molecule has 0 unspecified atom stereocenters. The van der Waals surface area contributed by atoms with Crippen molar-refractivity contribution in [3.8, 4) is 0 Å². The maximum atomic E-state index is 11.7. The van der Waals surface area contributed by atoms with Gasteiger partial charge >= 0.3 is 5.97 Å². The van der Waals surface area contributed by atoms with Gasteiger partial charge in [0.2, 0.25) is 0 Å². The number of carbonyl (C=O) groups excluding carboxylic acids is 1. The van der Waals surface area contributed by atoms with E-state index in [4.69, 9.17) is 4.74 Å². The molecule has 0 aliphatic heterocycles. The summed E-state index contributed by atoms with van der Waals surface area (Å²) in [5, 5.41) is 10.6. The maximum absolute atomic E-state index is 11.7. The Morgan fingerprint density at radius 2 is 2.03 bits per heavy atom. The van der Waals surface area contributed by atoms with Crippen LogP contribution < -0.4 is 0 Å². The van der Waals surface area contributed by atoms with Crippen molar-refractivity contribution < 1.29 is 14.6 Å². The van der Waals surface area contributed by atoms with E-state index >= 15 is 0 Å². The maximum Gasteiger partial charge on any atom is 0.305 e. The monoisotopic (exact) mass is 402 g/mol. The summed E-state index contributed by atoms with van der Waals surface area (Å²) in [7, 11) is 1.50. The van der Waals surface area contributed by atoms with Gasteiger partial charge in [-0.3, -0.25) is 4.79 Å². The molecule has 3 heteroatoms. The van der Waals surface area contributed by atoms with E-state index in [0.717, 1.165) is 30.1 Å². The second-order valence-corrected chi connectivity index (χ2v) is 11.3. The number of ether oxygens (including phenoxy) is 1. The third-order valence-electron chi connectivity index (χ3n) is 10.1. The predicted octanol–water partition coefficient (Wildman–Crippen LogP) is 5.76. The fourth-order valence-electron chi connectivity index (χ4n) is 8.56. The number of hydrogen-bond donors (Lipinski definition) is 1. The largest absolute Gasteiger partial charge is 0.469 e. The van der Waals surface area contributed by atoms with Crippen LogP contribution in [0.3, 0.4) is 0 Å². The van der Waals surface area contributed by atoms with Gasteiger partial charge in [-0.05, 0) is 98.7 Å². The van der Waals surface area contributed by atoms with Gasteiger partial charge in [0.05, 0.1) is 13.7 Å². The van der Waals surface area contributed by atoms with E-state index in [1.54, 1.807) is 5.57 Å². The third kappa shape index (κ3) is 3.40. The molecule has 1 N–H and O–H groups in total. The molecule has 0 bridgehead atoms. The number of hydrogen-bond acceptors (Lipinski definition) is 3. The number of esters is 1. The van der Waals surface area contributed by atoms with Gasteiger partial charge in [0.1, 0.15) is 0 Å². The molecule has 8 atom stereocenters. The van der Waals surface area contributed by atoms with Gasteiger partial charge in [0, 0.05) is 11.8 Å². The van der Waals surface area contributed by atoms with Crippen molar-refractivity contribution in [1.82, 2.24) is 0 Å². The highest BCUT2D eigenvalue weighted by molar-refractivity contribution is 5.69. The van der Waals surface area contributed by atoms with Crippen LogP contribution in [-0.2, 0) is 9.53 Å². The first-order valence-electron chi connectivity index (χ1n) is 12.2. The fourth-order valence-corrected chi connectivity index (χ4v) is 8.56. The number of carbonyl (C=O) groups is 1. The normalized spacial score (nSPS) is 44.9. The lowest BCUT2D eigenvalue weighted by Gasteiger charge is -2.59. The smallest absolute Gasteiger partial charge is 0.305 e. The highest BCUT2D eigenvalue weighted by Crippen LogP contribution is 2.67. The second kappa shape index (κ2) is 8.02. The Morgan fingerprint density at radius 1 is 1.24 bits per heavy atom. The molecule has 0 spiro atoms. The number of fused-ring (bicyclic) bond motifs is 5. The van der Waals surface area contributed by atoms with Crippen molar-refractivity contribution in [2.45, 2.75) is 85.0 Å². The van der Waals surface area contributed by atoms with Crippen molar-refractivity contribution in [2.24, 2.45) is 46.3 Å². The fraction of sp³-hybridized carbons (Fsp3) is 0.885. The minimum absolute atomic E-state index is 0.0679. The Morgan fingerprint density at radius 3 is 2.76 bits per heavy atom. The first kappa shape index (κ1) is 21.4. The summed E-state index contributed by atoms with van der Waals surface area (Å²) in [6.07, 6.45) is 14.2. The Balaban J connectivity index is 1.54. The van der Waals surface area contributed by atoms with Crippen LogP contribution in [0.15, 0.2) is 11.6 Å². The van der Waals surface area contributed by atoms with Gasteiger partial charge in [-0.1, -0.05) is 32.4 Å². The van der Waals surface area contributed by atoms with Crippen molar-refractivity contribution in [3.05, 3.63) is 11.6 Å². The topological polar surface area (TPSA) is 46.5 Å². The highest BCUT2D eigenvalue weighted by Gasteiger charge is 2.60. The molecule has 164 valence electrons. The molecule has 3 saturated carbocycles. The standard InChI is InChI=1S/C26H42O3/c1-17-11-14-26(16-27)19(15-17)6-7-20-22-9-8-21(18(2)5-10-24(28)29-4)25(22,3)13-12-23(20)26/h6,17-18,20-23,27H,5,7-16H2,1-4H3/t17-,18+,20-,21+,22-,23-,25+,26+/m0/s1. The summed E-state index contributed by atoms with van der Waals surface area (Å²) in [4.78, 5) is 11.7. The van der Waals surface area contributed by atoms with Crippen LogP contribution in [0.25, 0.3) is 0 Å². The van der Waals surface area contributed by atoms with Gasteiger partial charge < -0.3 is 9.84 Å². The van der Waals surface area contributed by atoms with Gasteiger partial charge in [-0.25, -0.2) is 0 Å². The highest BCUT2D eigenvalue weighted by atomic mass is 16.5. The summed E-state index contributed by atoms with van der Waals surface area (Å²) >= 11 is 0. The molecule has 0 aromatic heterocycles. The van der Waals surface area contributed by atoms with Gasteiger partial charge in [-0.15, -0.1) is 0 Å². The molecule has 0 radical (unpaired) electrons. The Bertz CT molecular complexity index is 654. The average Bonchev–Trinajstić information content (AvgIpc) is 3.08. The van der Waals surface area contributed by atoms with Gasteiger partial charge in [0.25, 0.3) is 0 Å². The zero-order valence-corrected chi connectivity index (χ0v) is 19.1. The Hall–Kier alpha value is -0.830. The van der Waals surface area contributed by atoms with Crippen molar-refractivity contribution >= 4 is 5.97 Å². The molecule has 4 aliphatic carbocycles. The zero-order valence-electron chi connectivity index (χ0n) is 19.1. The molecule has 0 amide bonds. The molecular formula is C26H42O3. The predicted molar refractivity (Wildman–Crippen MR) is 116 cm³/mol. The first-order chi connectivity index (χ1) is 13.9. The van der Waals surface area contributed by atoms with Crippen LogP contribution >= 0.6 is 0 Å². The summed E-state index contributed by atoms with van der Waals surface area (Å²) in [6.45, 7) is 7.66. The summed E-state index contributed by atoms with van der Waals surface area (Å²) in [5.41, 5.74) is 2.09. The minimum Gasteiger partial charge on any atom is -0.469 e. The van der Waals surface area contributed by atoms with Crippen molar-refractivity contribution in [2.75, 3.05) is 13.7 Å². The first-order valence-corrected chi connectivity index (χ1v) is 12.2. The lowest BCUT2D eigenvalue weighted by Crippen LogP contribution is -2.52. The van der Waals surface area contributed by atoms with Crippen LogP contribution in [0.5, 0.6) is 0 Å². The molecule has 29 heavy (non-hydrogen) atoms. The molecular weight excluding hydrogens is 360 g/mol. The Labute approximate surface area is 177 Å². The van der Waals surface area contributed by atoms with Crippen molar-refractivity contribution in [1.29, 1.82) is 0 Å². The Kier molecular flexibility index (Phi) is 5.92. The summed E-state index contributed by atoms with van der Waals surface area (Å²) in [5.74, 6) is 4.22. The van der Waals surface area contributed by atoms with Gasteiger partial charge in [-0.2, -0.15) is 0 Å². The number of aliphatic hydroxyl groups is 1. The lowest BCUT2D eigenvalue weighted by molar-refractivity contribution is -0.141. The van der Waals surface area contributed by atoms with E-state index in [9.17, 15) is 9.90 Å². The number of aliphatic hydroxyl groups excluding tert-OH is 1. The van der Waals surface area contributed by atoms with Crippen LogP contribution in [0.2, 0.25) is 0 Å². The number of rotatable bonds is 5. The van der Waals surface area contributed by atoms with E-state index < -0.39 is 0 Å². The SMILES string of the molecule is COC(=O)CC[C@@H](C)[C@H]1CC[C@H]2[C@@H]3CC=C4C[C@@H](C)CC[C@]4(CO)[C@H]3CC[C@]12C. The number of methoxy groups -OCH3 is 1. The molecule has 0 heterocycles. The van der Waals surface area contributed by atoms with E-state index in [0.29, 0.717) is 30.3 Å². The second-order valence-electron chi connectivity index (χ2n) is 11.3. The minimum atomic E-state index is -0.0679. The van der Waals surface area contributed by atoms with Gasteiger partial charge in [0.15, 0.2) is 0 Å². The van der Waals surface area contributed by atoms with Crippen LogP contribution in [0, 0.1) is 46.3 Å². The quantitative estimate of drug-likeness (QED) is 0.469. The molecule has 3 nitrogen and oxygen atoms in total. The van der Waals surface area contributed by atoms with Crippen molar-refractivity contribution in [3.63, 3.8) is 0 Å². The van der Waals surface area contributed by atoms with Crippen LogP contribution in [-0.4, -0.2) is 24.8 Å². The molecule has 4 aliphatic rings. The van der Waals surface area contributed by atoms with Crippen LogP contribution in [0.1, 0.15) is 85.0 Å². The molecule has 4 rings (SSSR count). The third-order valence-corrected chi connectivity index (χ3v) is 10.1. The van der Waals surface area contributed by atoms with E-state index in [2.05, 4.69) is 26.8 Å². The lowest BCUT2D eigenvalue weighted by atomic mass is 9.46. The van der Waals surface area contributed by atoms with E-state index in [1.807, 2.05) is 0 Å². The zero-order chi connectivity index (χ0) is 20.8. The average molecular weight is 403 g/mol. The summed E-state index contributed by atoms with van der Waals surface area (Å²) < 4.78 is 4.88. The number of allylic oxidation sites excluding steroid dienone is 1. The molecule has 3 fully saturated rings. The van der Waals surface area contributed by atoms with E-state index in [-0.39, 0.29) is 11.4 Å². The molecule has 0 aromatic carbocycles. The van der Waals surface area contributed by atoms with E-state index in [1.165, 1.54) is 58.5 Å². The molecule has 0 aromatic rings. The summed E-state index contributed by atoms with van der Waals surface area (Å²) in [6, 6.07) is 0. The molecule has 0 saturated heterocycles.